The van der Waals surface area contributed by atoms with Crippen LogP contribution in [0, 0.1) is 5.92 Å². The van der Waals surface area contributed by atoms with E-state index in [1.165, 1.54) is 12.0 Å². The summed E-state index contributed by atoms with van der Waals surface area (Å²) in [6, 6.07) is 29.1. The van der Waals surface area contributed by atoms with Gasteiger partial charge in [0.25, 0.3) is 5.91 Å². The number of hydrogen-bond donors (Lipinski definition) is 0. The lowest BCUT2D eigenvalue weighted by atomic mass is 9.90. The van der Waals surface area contributed by atoms with Gasteiger partial charge in [0.15, 0.2) is 17.6 Å². The van der Waals surface area contributed by atoms with Crippen LogP contribution in [0.15, 0.2) is 103 Å². The smallest absolute Gasteiger partial charge is 0.343 e. The third-order valence-corrected chi connectivity index (χ3v) is 7.27. The van der Waals surface area contributed by atoms with E-state index in [2.05, 4.69) is 0 Å². The first kappa shape index (κ1) is 27.0. The zero-order valence-corrected chi connectivity index (χ0v) is 23.0. The van der Waals surface area contributed by atoms with Gasteiger partial charge in [0.2, 0.25) is 5.91 Å². The maximum atomic E-state index is 14.0. The number of carbonyl (C=O) groups is 3. The molecule has 3 atom stereocenters. The molecule has 4 aromatic carbocycles. The topological polar surface area (TPSA) is 94.6 Å². The first-order valence-electron chi connectivity index (χ1n) is 13.6. The molecule has 9 nitrogen and oxygen atoms in total. The molecule has 6 rings (SSSR count). The molecule has 0 spiro atoms. The minimum atomic E-state index is -1.03. The fourth-order valence-corrected chi connectivity index (χ4v) is 5.35. The van der Waals surface area contributed by atoms with E-state index in [9.17, 15) is 14.4 Å². The van der Waals surface area contributed by atoms with E-state index in [4.69, 9.17) is 19.0 Å². The molecule has 4 aromatic rings. The molecule has 0 saturated carbocycles. The minimum Gasteiger partial charge on any atom is -0.494 e. The summed E-state index contributed by atoms with van der Waals surface area (Å²) in [7, 11) is 1.47. The second kappa shape index (κ2) is 11.4. The third kappa shape index (κ3) is 4.84. The van der Waals surface area contributed by atoms with Gasteiger partial charge in [0, 0.05) is 0 Å². The number of hydrogen-bond acceptors (Lipinski definition) is 8. The number of para-hydroxylation sites is 1. The van der Waals surface area contributed by atoms with Gasteiger partial charge >= 0.3 is 5.97 Å². The van der Waals surface area contributed by atoms with Gasteiger partial charge in [-0.25, -0.2) is 14.8 Å². The number of ether oxygens (including phenoxy) is 3. The van der Waals surface area contributed by atoms with Crippen LogP contribution in [-0.4, -0.2) is 37.6 Å². The number of amides is 2. The lowest BCUT2D eigenvalue weighted by molar-refractivity contribution is -0.126. The molecule has 42 heavy (non-hydrogen) atoms. The van der Waals surface area contributed by atoms with Crippen molar-refractivity contribution in [3.63, 3.8) is 0 Å². The molecule has 212 valence electrons. The number of methoxy groups -OCH3 is 1. The van der Waals surface area contributed by atoms with Crippen LogP contribution in [0.25, 0.3) is 0 Å². The molecule has 0 aliphatic carbocycles. The second-order valence-corrected chi connectivity index (χ2v) is 9.76. The van der Waals surface area contributed by atoms with Crippen molar-refractivity contribution in [2.75, 3.05) is 23.7 Å². The molecule has 2 fully saturated rings. The zero-order valence-electron chi connectivity index (χ0n) is 23.0. The second-order valence-electron chi connectivity index (χ2n) is 9.76. The van der Waals surface area contributed by atoms with Crippen LogP contribution >= 0.6 is 0 Å². The molecule has 9 heteroatoms. The molecule has 2 aliphatic heterocycles. The van der Waals surface area contributed by atoms with Crippen molar-refractivity contribution in [1.82, 2.24) is 0 Å². The van der Waals surface area contributed by atoms with E-state index in [1.54, 1.807) is 71.8 Å². The molecule has 0 aromatic heterocycles. The Labute approximate surface area is 242 Å². The van der Waals surface area contributed by atoms with Gasteiger partial charge in [-0.1, -0.05) is 42.5 Å². The standard InChI is InChI=1S/C33H28N2O7/c1-3-40-25-17-15-23(16-18-25)34-31(36)28-29(35(42-30(28)32(34)37)24-12-8-5-9-13-24)22-14-19-26(27(20-22)39-2)41-33(38)21-10-6-4-7-11-21/h4-20,28-30H,3H2,1-2H3. The van der Waals surface area contributed by atoms with Gasteiger partial charge in [-0.05, 0) is 73.2 Å². The van der Waals surface area contributed by atoms with Crippen LogP contribution in [0.1, 0.15) is 28.9 Å². The zero-order chi connectivity index (χ0) is 29.2. The summed E-state index contributed by atoms with van der Waals surface area (Å²) in [6.45, 7) is 2.39. The minimum absolute atomic E-state index is 0.224. The number of benzene rings is 4. The van der Waals surface area contributed by atoms with E-state index >= 15 is 0 Å². The predicted octanol–water partition coefficient (Wildman–Crippen LogP) is 5.36. The molecule has 2 heterocycles. The van der Waals surface area contributed by atoms with Crippen molar-refractivity contribution in [3.8, 4) is 17.2 Å². The van der Waals surface area contributed by atoms with Crippen LogP contribution in [0.5, 0.6) is 17.2 Å². The van der Waals surface area contributed by atoms with E-state index < -0.39 is 29.9 Å². The van der Waals surface area contributed by atoms with Crippen LogP contribution in [0.3, 0.4) is 0 Å². The first-order valence-corrected chi connectivity index (χ1v) is 13.6. The number of nitrogens with zero attached hydrogens (tertiary/aromatic N) is 2. The van der Waals surface area contributed by atoms with E-state index in [0.29, 0.717) is 40.6 Å². The Balaban J connectivity index is 1.35. The summed E-state index contributed by atoms with van der Waals surface area (Å²) >= 11 is 0. The van der Waals surface area contributed by atoms with Gasteiger partial charge < -0.3 is 14.2 Å². The summed E-state index contributed by atoms with van der Waals surface area (Å²) in [5.74, 6) is -1.03. The highest BCUT2D eigenvalue weighted by atomic mass is 16.7. The highest BCUT2D eigenvalue weighted by Gasteiger charge is 2.60. The molecule has 2 saturated heterocycles. The lowest BCUT2D eigenvalue weighted by Crippen LogP contribution is -2.37. The van der Waals surface area contributed by atoms with Crippen molar-refractivity contribution in [2.24, 2.45) is 5.92 Å². The summed E-state index contributed by atoms with van der Waals surface area (Å²) in [6.07, 6.45) is -1.03. The average molecular weight is 565 g/mol. The van der Waals surface area contributed by atoms with Crippen LogP contribution in [-0.2, 0) is 14.4 Å². The normalized spacial score (nSPS) is 19.5. The number of hydroxylamine groups is 1. The Kier molecular flexibility index (Phi) is 7.33. The Morgan fingerprint density at radius 2 is 1.50 bits per heavy atom. The fourth-order valence-electron chi connectivity index (χ4n) is 5.35. The first-order chi connectivity index (χ1) is 20.5. The molecular weight excluding hydrogens is 536 g/mol. The number of esters is 1. The number of carbonyl (C=O) groups excluding carboxylic acids is 3. The molecule has 3 unspecified atom stereocenters. The summed E-state index contributed by atoms with van der Waals surface area (Å²) in [5.41, 5.74) is 2.17. The van der Waals surface area contributed by atoms with Crippen LogP contribution < -0.4 is 24.2 Å². The number of rotatable bonds is 8. The SMILES string of the molecule is CCOc1ccc(N2C(=O)C3ON(c4ccccc4)C(c4ccc(OC(=O)c5ccccc5)c(OC)c4)C3C2=O)cc1. The quantitative estimate of drug-likeness (QED) is 0.160. The van der Waals surface area contributed by atoms with E-state index in [0.717, 1.165) is 0 Å². The Hall–Kier alpha value is -5.15. The number of anilines is 2. The maximum absolute atomic E-state index is 14.0. The molecule has 2 aliphatic rings. The Morgan fingerprint density at radius 3 is 2.17 bits per heavy atom. The van der Waals surface area contributed by atoms with Crippen molar-refractivity contribution >= 4 is 29.2 Å². The average Bonchev–Trinajstić information content (AvgIpc) is 3.54. The Morgan fingerprint density at radius 1 is 0.810 bits per heavy atom. The van der Waals surface area contributed by atoms with Gasteiger partial charge in [-0.15, -0.1) is 0 Å². The van der Waals surface area contributed by atoms with E-state index in [-0.39, 0.29) is 11.7 Å². The van der Waals surface area contributed by atoms with Gasteiger partial charge in [0.05, 0.1) is 36.7 Å². The molecular formula is C33H28N2O7. The number of fused-ring (bicyclic) bond motifs is 1. The van der Waals surface area contributed by atoms with Gasteiger partial charge in [0.1, 0.15) is 11.7 Å². The molecule has 0 radical (unpaired) electrons. The Bertz CT molecular complexity index is 1610. The highest BCUT2D eigenvalue weighted by molar-refractivity contribution is 6.24. The van der Waals surface area contributed by atoms with Crippen molar-refractivity contribution < 1.29 is 33.4 Å². The summed E-state index contributed by atoms with van der Waals surface area (Å²) in [5, 5.41) is 1.60. The van der Waals surface area contributed by atoms with Gasteiger partial charge in [-0.3, -0.25) is 14.4 Å². The molecule has 0 bridgehead atoms. The fraction of sp³-hybridized carbons (Fsp3) is 0.182. The largest absolute Gasteiger partial charge is 0.494 e. The third-order valence-electron chi connectivity index (χ3n) is 7.27. The maximum Gasteiger partial charge on any atom is 0.343 e. The number of imide groups is 1. The van der Waals surface area contributed by atoms with E-state index in [1.807, 2.05) is 43.3 Å². The van der Waals surface area contributed by atoms with Crippen molar-refractivity contribution in [2.45, 2.75) is 19.1 Å². The summed E-state index contributed by atoms with van der Waals surface area (Å²) in [4.78, 5) is 47.7. The van der Waals surface area contributed by atoms with Crippen molar-refractivity contribution in [1.29, 1.82) is 0 Å². The van der Waals surface area contributed by atoms with Crippen molar-refractivity contribution in [3.05, 3.63) is 114 Å². The van der Waals surface area contributed by atoms with Crippen LogP contribution in [0.4, 0.5) is 11.4 Å². The molecule has 0 N–H and O–H groups in total. The van der Waals surface area contributed by atoms with Gasteiger partial charge in [-0.2, -0.15) is 0 Å². The molecule has 2 amide bonds. The van der Waals surface area contributed by atoms with Crippen LogP contribution in [0.2, 0.25) is 0 Å². The monoisotopic (exact) mass is 564 g/mol. The summed E-state index contributed by atoms with van der Waals surface area (Å²) < 4.78 is 16.7. The lowest BCUT2D eigenvalue weighted by Gasteiger charge is -2.29. The highest BCUT2D eigenvalue weighted by Crippen LogP contribution is 2.48. The predicted molar refractivity (Wildman–Crippen MR) is 155 cm³/mol.